The van der Waals surface area contributed by atoms with Crippen molar-refractivity contribution in [3.8, 4) is 0 Å². The van der Waals surface area contributed by atoms with E-state index in [-0.39, 0.29) is 17.7 Å². The van der Waals surface area contributed by atoms with Crippen LogP contribution >= 0.6 is 23.1 Å². The van der Waals surface area contributed by atoms with E-state index in [1.165, 1.54) is 23.1 Å². The van der Waals surface area contributed by atoms with E-state index in [9.17, 15) is 9.59 Å². The summed E-state index contributed by atoms with van der Waals surface area (Å²) in [4.78, 5) is 41.2. The fourth-order valence-electron chi connectivity index (χ4n) is 4.23. The quantitative estimate of drug-likeness (QED) is 0.253. The number of nitrogens with one attached hydrogen (secondary N) is 1. The van der Waals surface area contributed by atoms with Gasteiger partial charge < -0.3 is 10.2 Å². The van der Waals surface area contributed by atoms with Crippen molar-refractivity contribution >= 4 is 51.5 Å². The van der Waals surface area contributed by atoms with Crippen molar-refractivity contribution in [1.82, 2.24) is 19.9 Å². The van der Waals surface area contributed by atoms with Gasteiger partial charge in [-0.1, -0.05) is 12.1 Å². The molecule has 1 N–H and O–H groups in total. The van der Waals surface area contributed by atoms with Crippen LogP contribution in [-0.2, 0) is 0 Å². The summed E-state index contributed by atoms with van der Waals surface area (Å²) in [6, 6.07) is 13.1. The van der Waals surface area contributed by atoms with E-state index in [2.05, 4.69) is 26.8 Å². The van der Waals surface area contributed by atoms with Crippen molar-refractivity contribution < 1.29 is 9.59 Å². The van der Waals surface area contributed by atoms with Gasteiger partial charge in [0.2, 0.25) is 0 Å². The van der Waals surface area contributed by atoms with Crippen molar-refractivity contribution in [2.75, 3.05) is 24.2 Å². The Labute approximate surface area is 217 Å². The lowest BCUT2D eigenvalue weighted by Crippen LogP contribution is -2.38. The standard InChI is InChI=1S/C27H25N5O2S2/c1-2-15-35-26-21(6-4-12-29-26)27(34)32-13-9-18(10-14-32)25-31-23(17-36-25)24(33)30-20-7-8-22-19(16-20)5-3-11-28-22/h2-8,11-12,16-18H,1,9-10,13-15H2,(H,30,33). The molecule has 7 nitrogen and oxygen atoms in total. The lowest BCUT2D eigenvalue weighted by atomic mass is 9.97. The second-order valence-corrected chi connectivity index (χ2v) is 10.4. The average Bonchev–Trinajstić information content (AvgIpc) is 3.42. The molecule has 9 heteroatoms. The van der Waals surface area contributed by atoms with Gasteiger partial charge in [0.15, 0.2) is 0 Å². The highest BCUT2D eigenvalue weighted by molar-refractivity contribution is 7.99. The minimum absolute atomic E-state index is 0.0119. The van der Waals surface area contributed by atoms with E-state index in [4.69, 9.17) is 0 Å². The summed E-state index contributed by atoms with van der Waals surface area (Å²) in [5.41, 5.74) is 2.65. The fourth-order valence-corrected chi connectivity index (χ4v) is 5.93. The number of pyridine rings is 2. The Kier molecular flexibility index (Phi) is 7.39. The molecule has 0 aliphatic carbocycles. The molecule has 0 saturated carbocycles. The SMILES string of the molecule is C=CCSc1ncccc1C(=O)N1CCC(c2nc(C(=O)Nc3ccc4ncccc4c3)cs2)CC1. The monoisotopic (exact) mass is 515 g/mol. The summed E-state index contributed by atoms with van der Waals surface area (Å²) in [5, 5.41) is 7.39. The van der Waals surface area contributed by atoms with Crippen LogP contribution in [0.1, 0.15) is 44.6 Å². The molecule has 4 heterocycles. The number of amides is 2. The van der Waals surface area contributed by atoms with Gasteiger partial charge in [-0.15, -0.1) is 29.7 Å². The minimum Gasteiger partial charge on any atom is -0.339 e. The molecule has 5 rings (SSSR count). The molecule has 0 spiro atoms. The number of piperidine rings is 1. The molecule has 0 atom stereocenters. The van der Waals surface area contributed by atoms with E-state index in [1.807, 2.05) is 46.7 Å². The predicted molar refractivity (Wildman–Crippen MR) is 145 cm³/mol. The first kappa shape index (κ1) is 24.1. The van der Waals surface area contributed by atoms with Crippen LogP contribution in [0.3, 0.4) is 0 Å². The second-order valence-electron chi connectivity index (χ2n) is 8.46. The number of thiazole rings is 1. The molecular formula is C27H25N5O2S2. The molecule has 0 radical (unpaired) electrons. The maximum atomic E-state index is 13.2. The highest BCUT2D eigenvalue weighted by Gasteiger charge is 2.28. The number of nitrogens with zero attached hydrogens (tertiary/aromatic N) is 4. The number of carbonyl (C=O) groups excluding carboxylic acids is 2. The smallest absolute Gasteiger partial charge is 0.275 e. The molecule has 1 aromatic carbocycles. The normalized spacial score (nSPS) is 14.1. The Bertz CT molecular complexity index is 1410. The van der Waals surface area contributed by atoms with Gasteiger partial charge in [0.25, 0.3) is 11.8 Å². The van der Waals surface area contributed by atoms with Crippen LogP contribution in [0.15, 0.2) is 77.9 Å². The Morgan fingerprint density at radius 2 is 1.94 bits per heavy atom. The number of benzene rings is 1. The number of rotatable bonds is 7. The first-order valence-electron chi connectivity index (χ1n) is 11.7. The van der Waals surface area contributed by atoms with Crippen LogP contribution in [0.5, 0.6) is 0 Å². The van der Waals surface area contributed by atoms with Gasteiger partial charge in [-0.05, 0) is 49.2 Å². The van der Waals surface area contributed by atoms with Crippen LogP contribution < -0.4 is 5.32 Å². The zero-order chi connectivity index (χ0) is 24.9. The number of fused-ring (bicyclic) bond motifs is 1. The number of hydrogen-bond donors (Lipinski definition) is 1. The second kappa shape index (κ2) is 11.0. The van der Waals surface area contributed by atoms with Gasteiger partial charge in [-0.2, -0.15) is 0 Å². The average molecular weight is 516 g/mol. The summed E-state index contributed by atoms with van der Waals surface area (Å²) >= 11 is 3.02. The van der Waals surface area contributed by atoms with Crippen LogP contribution in [-0.4, -0.2) is 50.5 Å². The first-order valence-corrected chi connectivity index (χ1v) is 13.6. The summed E-state index contributed by atoms with van der Waals surface area (Å²) < 4.78 is 0. The summed E-state index contributed by atoms with van der Waals surface area (Å²) in [6.07, 6.45) is 6.89. The van der Waals surface area contributed by atoms with E-state index >= 15 is 0 Å². The van der Waals surface area contributed by atoms with Crippen LogP contribution in [0.4, 0.5) is 5.69 Å². The van der Waals surface area contributed by atoms with Crippen molar-refractivity contribution in [3.05, 3.63) is 89.2 Å². The van der Waals surface area contributed by atoms with Crippen molar-refractivity contribution in [2.45, 2.75) is 23.8 Å². The Hall–Kier alpha value is -3.56. The molecule has 4 aromatic rings. The lowest BCUT2D eigenvalue weighted by Gasteiger charge is -2.31. The molecule has 1 fully saturated rings. The van der Waals surface area contributed by atoms with E-state index in [1.54, 1.807) is 24.5 Å². The van der Waals surface area contributed by atoms with Crippen LogP contribution in [0.2, 0.25) is 0 Å². The minimum atomic E-state index is -0.227. The van der Waals surface area contributed by atoms with E-state index in [0.29, 0.717) is 35.8 Å². The molecule has 3 aromatic heterocycles. The Balaban J connectivity index is 1.20. The highest BCUT2D eigenvalue weighted by atomic mass is 32.2. The molecule has 2 amide bonds. The number of anilines is 1. The summed E-state index contributed by atoms with van der Waals surface area (Å²) in [6.45, 7) is 5.04. The zero-order valence-electron chi connectivity index (χ0n) is 19.6. The predicted octanol–water partition coefficient (Wildman–Crippen LogP) is 5.64. The Morgan fingerprint density at radius 1 is 1.14 bits per heavy atom. The van der Waals surface area contributed by atoms with Gasteiger partial charge in [-0.3, -0.25) is 14.6 Å². The highest BCUT2D eigenvalue weighted by Crippen LogP contribution is 2.32. The van der Waals surface area contributed by atoms with Crippen molar-refractivity contribution in [3.63, 3.8) is 0 Å². The van der Waals surface area contributed by atoms with Gasteiger partial charge >= 0.3 is 0 Å². The maximum Gasteiger partial charge on any atom is 0.275 e. The lowest BCUT2D eigenvalue weighted by molar-refractivity contribution is 0.0708. The maximum absolute atomic E-state index is 13.2. The summed E-state index contributed by atoms with van der Waals surface area (Å²) in [5.74, 6) is 0.723. The molecule has 1 aliphatic heterocycles. The summed E-state index contributed by atoms with van der Waals surface area (Å²) in [7, 11) is 0. The molecule has 36 heavy (non-hydrogen) atoms. The topological polar surface area (TPSA) is 88.1 Å². The largest absolute Gasteiger partial charge is 0.339 e. The third kappa shape index (κ3) is 5.32. The number of hydrogen-bond acceptors (Lipinski definition) is 7. The molecule has 182 valence electrons. The third-order valence-corrected chi connectivity index (χ3v) is 8.09. The number of likely N-dealkylation sites (tertiary alicyclic amines) is 1. The van der Waals surface area contributed by atoms with Gasteiger partial charge in [0.1, 0.15) is 10.7 Å². The zero-order valence-corrected chi connectivity index (χ0v) is 21.2. The number of thioether (sulfide) groups is 1. The van der Waals surface area contributed by atoms with E-state index in [0.717, 1.165) is 33.8 Å². The van der Waals surface area contributed by atoms with Crippen molar-refractivity contribution in [1.29, 1.82) is 0 Å². The van der Waals surface area contributed by atoms with Crippen LogP contribution in [0, 0.1) is 0 Å². The Morgan fingerprint density at radius 3 is 2.78 bits per heavy atom. The van der Waals surface area contributed by atoms with Crippen molar-refractivity contribution in [2.24, 2.45) is 0 Å². The third-order valence-electron chi connectivity index (χ3n) is 6.09. The number of carbonyl (C=O) groups is 2. The molecule has 1 aliphatic rings. The van der Waals surface area contributed by atoms with Crippen LogP contribution in [0.25, 0.3) is 10.9 Å². The molecule has 0 bridgehead atoms. The molecular weight excluding hydrogens is 490 g/mol. The van der Waals surface area contributed by atoms with Gasteiger partial charge in [0, 0.05) is 53.6 Å². The number of aromatic nitrogens is 3. The van der Waals surface area contributed by atoms with E-state index < -0.39 is 0 Å². The van der Waals surface area contributed by atoms with Gasteiger partial charge in [-0.25, -0.2) is 9.97 Å². The molecule has 1 saturated heterocycles. The van der Waals surface area contributed by atoms with Gasteiger partial charge in [0.05, 0.1) is 16.1 Å². The first-order chi connectivity index (χ1) is 17.6. The fraction of sp³-hybridized carbons (Fsp3) is 0.222. The molecule has 0 unspecified atom stereocenters.